The molecule has 1 aromatic carbocycles. The minimum Gasteiger partial charge on any atom is -0.497 e. The molecule has 0 aliphatic heterocycles. The third-order valence-electron chi connectivity index (χ3n) is 3.05. The van der Waals surface area contributed by atoms with Gasteiger partial charge in [-0.25, -0.2) is 9.97 Å². The second-order valence-corrected chi connectivity index (χ2v) is 5.74. The van der Waals surface area contributed by atoms with Crippen molar-refractivity contribution in [3.8, 4) is 5.75 Å². The van der Waals surface area contributed by atoms with Crippen molar-refractivity contribution in [1.82, 2.24) is 9.97 Å². The van der Waals surface area contributed by atoms with E-state index in [1.165, 1.54) is 0 Å². The molecule has 0 bridgehead atoms. The minimum absolute atomic E-state index is 0.185. The summed E-state index contributed by atoms with van der Waals surface area (Å²) in [4.78, 5) is 8.81. The molecule has 2 aromatic rings. The number of anilines is 2. The highest BCUT2D eigenvalue weighted by atomic mass is 35.5. The third kappa shape index (κ3) is 3.57. The summed E-state index contributed by atoms with van der Waals surface area (Å²) in [6.07, 6.45) is 0. The van der Waals surface area contributed by atoms with Crippen LogP contribution >= 0.6 is 23.2 Å². The number of nitrogens with zero attached hydrogens (tertiary/aromatic N) is 2. The van der Waals surface area contributed by atoms with Crippen molar-refractivity contribution in [3.05, 3.63) is 39.8 Å². The standard InChI is InChI=1S/C15H17Cl2N3O/c1-8(2)14-19-13(17)9(3)15(20-14)18-12-7-10(21-4)5-6-11(12)16/h5-8H,1-4H3,(H,18,19,20). The van der Waals surface area contributed by atoms with Gasteiger partial charge < -0.3 is 10.1 Å². The number of nitrogens with one attached hydrogen (secondary N) is 1. The quantitative estimate of drug-likeness (QED) is 0.806. The molecule has 0 fully saturated rings. The number of ether oxygens (including phenoxy) is 1. The van der Waals surface area contributed by atoms with E-state index in [0.717, 1.165) is 5.56 Å². The van der Waals surface area contributed by atoms with Gasteiger partial charge in [-0.05, 0) is 19.1 Å². The molecule has 0 atom stereocenters. The van der Waals surface area contributed by atoms with Crippen LogP contribution in [-0.4, -0.2) is 17.1 Å². The summed E-state index contributed by atoms with van der Waals surface area (Å²) < 4.78 is 5.21. The summed E-state index contributed by atoms with van der Waals surface area (Å²) in [6, 6.07) is 5.38. The molecule has 0 saturated heterocycles. The lowest BCUT2D eigenvalue weighted by Crippen LogP contribution is -2.05. The third-order valence-corrected chi connectivity index (χ3v) is 3.74. The van der Waals surface area contributed by atoms with E-state index in [4.69, 9.17) is 27.9 Å². The fourth-order valence-electron chi connectivity index (χ4n) is 1.74. The Hall–Kier alpha value is -1.52. The Labute approximate surface area is 134 Å². The molecule has 0 unspecified atom stereocenters. The highest BCUT2D eigenvalue weighted by Crippen LogP contribution is 2.31. The van der Waals surface area contributed by atoms with E-state index in [0.29, 0.717) is 33.3 Å². The highest BCUT2D eigenvalue weighted by molar-refractivity contribution is 6.33. The first kappa shape index (κ1) is 15.9. The monoisotopic (exact) mass is 325 g/mol. The van der Waals surface area contributed by atoms with Gasteiger partial charge in [0.2, 0.25) is 0 Å². The summed E-state index contributed by atoms with van der Waals surface area (Å²) >= 11 is 12.4. The lowest BCUT2D eigenvalue weighted by atomic mass is 10.2. The van der Waals surface area contributed by atoms with Crippen molar-refractivity contribution < 1.29 is 4.74 Å². The zero-order chi connectivity index (χ0) is 15.6. The van der Waals surface area contributed by atoms with Crippen LogP contribution in [-0.2, 0) is 0 Å². The molecule has 2 rings (SSSR count). The van der Waals surface area contributed by atoms with Gasteiger partial charge in [0.1, 0.15) is 22.5 Å². The van der Waals surface area contributed by atoms with Gasteiger partial charge in [0, 0.05) is 17.5 Å². The van der Waals surface area contributed by atoms with Crippen LogP contribution in [0.4, 0.5) is 11.5 Å². The molecule has 0 amide bonds. The van der Waals surface area contributed by atoms with Gasteiger partial charge in [-0.1, -0.05) is 37.0 Å². The highest BCUT2D eigenvalue weighted by Gasteiger charge is 2.13. The van der Waals surface area contributed by atoms with E-state index in [1.807, 2.05) is 26.8 Å². The number of benzene rings is 1. The van der Waals surface area contributed by atoms with E-state index >= 15 is 0 Å². The molecule has 0 radical (unpaired) electrons. The Morgan fingerprint density at radius 1 is 1.19 bits per heavy atom. The first-order valence-electron chi connectivity index (χ1n) is 6.57. The Bertz CT molecular complexity index is 660. The predicted molar refractivity (Wildman–Crippen MR) is 87.2 cm³/mol. The maximum atomic E-state index is 6.20. The maximum absolute atomic E-state index is 6.20. The van der Waals surface area contributed by atoms with Gasteiger partial charge in [-0.15, -0.1) is 0 Å². The maximum Gasteiger partial charge on any atom is 0.138 e. The van der Waals surface area contributed by atoms with Crippen LogP contribution in [0.15, 0.2) is 18.2 Å². The van der Waals surface area contributed by atoms with Gasteiger partial charge in [0.05, 0.1) is 17.8 Å². The molecule has 4 nitrogen and oxygen atoms in total. The van der Waals surface area contributed by atoms with Crippen molar-refractivity contribution in [2.75, 3.05) is 12.4 Å². The fraction of sp³-hybridized carbons (Fsp3) is 0.333. The summed E-state index contributed by atoms with van der Waals surface area (Å²) in [6.45, 7) is 5.90. The van der Waals surface area contributed by atoms with E-state index in [2.05, 4.69) is 15.3 Å². The smallest absolute Gasteiger partial charge is 0.138 e. The normalized spacial score (nSPS) is 10.8. The second kappa shape index (κ2) is 6.50. The molecule has 1 N–H and O–H groups in total. The van der Waals surface area contributed by atoms with Crippen LogP contribution in [0.1, 0.15) is 31.2 Å². The number of hydrogen-bond donors (Lipinski definition) is 1. The average Bonchev–Trinajstić information content (AvgIpc) is 2.45. The molecule has 112 valence electrons. The Morgan fingerprint density at radius 2 is 1.90 bits per heavy atom. The van der Waals surface area contributed by atoms with E-state index in [-0.39, 0.29) is 5.92 Å². The van der Waals surface area contributed by atoms with Crippen molar-refractivity contribution >= 4 is 34.7 Å². The van der Waals surface area contributed by atoms with E-state index in [9.17, 15) is 0 Å². The zero-order valence-electron chi connectivity index (χ0n) is 12.4. The number of halogens is 2. The molecule has 0 aliphatic rings. The summed E-state index contributed by atoms with van der Waals surface area (Å²) in [7, 11) is 1.61. The average molecular weight is 326 g/mol. The van der Waals surface area contributed by atoms with Gasteiger partial charge >= 0.3 is 0 Å². The Morgan fingerprint density at radius 3 is 2.52 bits per heavy atom. The number of hydrogen-bond acceptors (Lipinski definition) is 4. The van der Waals surface area contributed by atoms with Crippen molar-refractivity contribution in [1.29, 1.82) is 0 Å². The molecule has 1 heterocycles. The van der Waals surface area contributed by atoms with Gasteiger partial charge in [0.15, 0.2) is 0 Å². The van der Waals surface area contributed by atoms with E-state index < -0.39 is 0 Å². The molecular weight excluding hydrogens is 309 g/mol. The zero-order valence-corrected chi connectivity index (χ0v) is 13.9. The molecular formula is C15H17Cl2N3O. The topological polar surface area (TPSA) is 47.0 Å². The Kier molecular flexibility index (Phi) is 4.91. The lowest BCUT2D eigenvalue weighted by molar-refractivity contribution is 0.415. The molecule has 0 spiro atoms. The SMILES string of the molecule is COc1ccc(Cl)c(Nc2nc(C(C)C)nc(Cl)c2C)c1. The fourth-order valence-corrected chi connectivity index (χ4v) is 2.08. The van der Waals surface area contributed by atoms with Crippen LogP contribution in [0.5, 0.6) is 5.75 Å². The lowest BCUT2D eigenvalue weighted by Gasteiger charge is -2.14. The first-order chi connectivity index (χ1) is 9.92. The Balaban J connectivity index is 2.43. The predicted octanol–water partition coefficient (Wildman–Crippen LogP) is 4.97. The van der Waals surface area contributed by atoms with E-state index in [1.54, 1.807) is 19.2 Å². The van der Waals surface area contributed by atoms with Crippen LogP contribution in [0.2, 0.25) is 10.2 Å². The van der Waals surface area contributed by atoms with Gasteiger partial charge in [-0.2, -0.15) is 0 Å². The number of rotatable bonds is 4. The van der Waals surface area contributed by atoms with Gasteiger partial charge in [0.25, 0.3) is 0 Å². The molecule has 21 heavy (non-hydrogen) atoms. The van der Waals surface area contributed by atoms with Crippen LogP contribution in [0, 0.1) is 6.92 Å². The molecule has 6 heteroatoms. The molecule has 0 aliphatic carbocycles. The van der Waals surface area contributed by atoms with Crippen LogP contribution in [0.3, 0.4) is 0 Å². The minimum atomic E-state index is 0.185. The first-order valence-corrected chi connectivity index (χ1v) is 7.32. The van der Waals surface area contributed by atoms with Crippen molar-refractivity contribution in [2.24, 2.45) is 0 Å². The van der Waals surface area contributed by atoms with Crippen LogP contribution < -0.4 is 10.1 Å². The summed E-state index contributed by atoms with van der Waals surface area (Å²) in [5, 5.41) is 4.22. The van der Waals surface area contributed by atoms with Crippen molar-refractivity contribution in [3.63, 3.8) is 0 Å². The summed E-state index contributed by atoms with van der Waals surface area (Å²) in [5.41, 5.74) is 1.49. The second-order valence-electron chi connectivity index (χ2n) is 4.97. The van der Waals surface area contributed by atoms with Crippen molar-refractivity contribution in [2.45, 2.75) is 26.7 Å². The van der Waals surface area contributed by atoms with Crippen LogP contribution in [0.25, 0.3) is 0 Å². The summed E-state index contributed by atoms with van der Waals surface area (Å²) in [5.74, 6) is 2.23. The van der Waals surface area contributed by atoms with Gasteiger partial charge in [-0.3, -0.25) is 0 Å². The largest absolute Gasteiger partial charge is 0.497 e. The molecule has 0 saturated carbocycles. The number of methoxy groups -OCH3 is 1. The molecule has 1 aromatic heterocycles. The number of aromatic nitrogens is 2.